The van der Waals surface area contributed by atoms with E-state index in [4.69, 9.17) is 0 Å². The molecule has 0 spiro atoms. The summed E-state index contributed by atoms with van der Waals surface area (Å²) < 4.78 is 0. The topological polar surface area (TPSA) is 78.5 Å². The lowest BCUT2D eigenvalue weighted by Gasteiger charge is -2.26. The van der Waals surface area contributed by atoms with Gasteiger partial charge in [0, 0.05) is 5.54 Å². The summed E-state index contributed by atoms with van der Waals surface area (Å²) in [5.74, 6) is -0.709. The molecule has 1 aliphatic rings. The average molecular weight is 227 g/mol. The molecule has 90 valence electrons. The van der Waals surface area contributed by atoms with Crippen LogP contribution in [0.5, 0.6) is 0 Å². The minimum atomic E-state index is -0.783. The van der Waals surface area contributed by atoms with Gasteiger partial charge in [0.05, 0.1) is 6.54 Å². The highest BCUT2D eigenvalue weighted by Crippen LogP contribution is 2.08. The van der Waals surface area contributed by atoms with Crippen molar-refractivity contribution in [3.8, 4) is 0 Å². The summed E-state index contributed by atoms with van der Waals surface area (Å²) >= 11 is 0. The molecule has 1 rings (SSSR count). The first kappa shape index (κ1) is 12.5. The van der Waals surface area contributed by atoms with Gasteiger partial charge in [-0.05, 0) is 27.7 Å². The van der Waals surface area contributed by atoms with E-state index in [1.807, 2.05) is 20.8 Å². The Hall–Kier alpha value is -1.59. The summed E-state index contributed by atoms with van der Waals surface area (Å²) in [5, 5.41) is 5.10. The van der Waals surface area contributed by atoms with Gasteiger partial charge in [0.15, 0.2) is 0 Å². The third kappa shape index (κ3) is 2.71. The number of nitrogens with zero attached hydrogens (tertiary/aromatic N) is 1. The molecule has 1 aliphatic heterocycles. The van der Waals surface area contributed by atoms with Crippen LogP contribution in [0, 0.1) is 0 Å². The molecule has 6 heteroatoms. The maximum atomic E-state index is 11.8. The van der Waals surface area contributed by atoms with E-state index in [9.17, 15) is 14.4 Å². The fourth-order valence-corrected chi connectivity index (χ4v) is 1.42. The van der Waals surface area contributed by atoms with Gasteiger partial charge in [-0.3, -0.25) is 14.5 Å². The first-order valence-electron chi connectivity index (χ1n) is 5.14. The second kappa shape index (κ2) is 4.11. The van der Waals surface area contributed by atoms with E-state index in [2.05, 4.69) is 10.6 Å². The predicted molar refractivity (Wildman–Crippen MR) is 57.6 cm³/mol. The molecule has 0 radical (unpaired) electrons. The number of carbonyl (C=O) groups excluding carboxylic acids is 3. The van der Waals surface area contributed by atoms with Crippen molar-refractivity contribution >= 4 is 17.8 Å². The molecule has 1 fully saturated rings. The molecular formula is C10H17N3O3. The van der Waals surface area contributed by atoms with Gasteiger partial charge in [-0.25, -0.2) is 4.79 Å². The lowest BCUT2D eigenvalue weighted by atomic mass is 10.1. The van der Waals surface area contributed by atoms with Crippen LogP contribution in [0.25, 0.3) is 0 Å². The Morgan fingerprint density at radius 3 is 2.38 bits per heavy atom. The second-order valence-electron chi connectivity index (χ2n) is 4.84. The summed E-state index contributed by atoms with van der Waals surface area (Å²) in [7, 11) is 0. The van der Waals surface area contributed by atoms with E-state index in [0.717, 1.165) is 4.90 Å². The van der Waals surface area contributed by atoms with E-state index in [-0.39, 0.29) is 23.9 Å². The van der Waals surface area contributed by atoms with Crippen molar-refractivity contribution in [1.29, 1.82) is 0 Å². The van der Waals surface area contributed by atoms with Gasteiger partial charge in [0.2, 0.25) is 5.91 Å². The SMILES string of the molecule is CC(C(=O)NC(C)(C)C)N1C(=O)CNC1=O. The first-order chi connectivity index (χ1) is 7.22. The maximum absolute atomic E-state index is 11.8. The third-order valence-electron chi connectivity index (χ3n) is 2.14. The number of imide groups is 1. The van der Waals surface area contributed by atoms with Crippen LogP contribution in [0.4, 0.5) is 4.79 Å². The van der Waals surface area contributed by atoms with Gasteiger partial charge in [0.25, 0.3) is 5.91 Å². The fourth-order valence-electron chi connectivity index (χ4n) is 1.42. The molecule has 0 saturated carbocycles. The molecular weight excluding hydrogens is 210 g/mol. The number of hydrogen-bond donors (Lipinski definition) is 2. The molecule has 1 unspecified atom stereocenters. The van der Waals surface area contributed by atoms with Gasteiger partial charge >= 0.3 is 6.03 Å². The Morgan fingerprint density at radius 2 is 2.00 bits per heavy atom. The molecule has 2 N–H and O–H groups in total. The van der Waals surface area contributed by atoms with Gasteiger partial charge < -0.3 is 10.6 Å². The van der Waals surface area contributed by atoms with Crippen LogP contribution in [-0.4, -0.2) is 40.9 Å². The summed E-state index contributed by atoms with van der Waals surface area (Å²) in [6.07, 6.45) is 0. The van der Waals surface area contributed by atoms with Gasteiger partial charge in [-0.15, -0.1) is 0 Å². The maximum Gasteiger partial charge on any atom is 0.325 e. The zero-order valence-electron chi connectivity index (χ0n) is 9.96. The molecule has 0 aromatic carbocycles. The van der Waals surface area contributed by atoms with Crippen molar-refractivity contribution in [3.05, 3.63) is 0 Å². The Morgan fingerprint density at radius 1 is 1.44 bits per heavy atom. The standard InChI is InChI=1S/C10H17N3O3/c1-6(8(15)12-10(2,3)4)13-7(14)5-11-9(13)16/h6H,5H2,1-4H3,(H,11,16)(H,12,15). The smallest absolute Gasteiger partial charge is 0.325 e. The Bertz CT molecular complexity index is 317. The Balaban J connectivity index is 2.70. The largest absolute Gasteiger partial charge is 0.350 e. The molecule has 16 heavy (non-hydrogen) atoms. The molecule has 1 saturated heterocycles. The minimum absolute atomic E-state index is 0.0357. The predicted octanol–water partition coefficient (Wildman–Crippen LogP) is -0.159. The van der Waals surface area contributed by atoms with Crippen LogP contribution < -0.4 is 10.6 Å². The minimum Gasteiger partial charge on any atom is -0.350 e. The number of nitrogens with one attached hydrogen (secondary N) is 2. The second-order valence-corrected chi connectivity index (χ2v) is 4.84. The van der Waals surface area contributed by atoms with Crippen molar-refractivity contribution in [2.24, 2.45) is 0 Å². The van der Waals surface area contributed by atoms with Crippen molar-refractivity contribution in [1.82, 2.24) is 15.5 Å². The zero-order chi connectivity index (χ0) is 12.5. The third-order valence-corrected chi connectivity index (χ3v) is 2.14. The Labute approximate surface area is 94.4 Å². The van der Waals surface area contributed by atoms with Crippen LogP contribution in [0.1, 0.15) is 27.7 Å². The van der Waals surface area contributed by atoms with E-state index >= 15 is 0 Å². The van der Waals surface area contributed by atoms with E-state index in [1.54, 1.807) is 0 Å². The molecule has 1 heterocycles. The quantitative estimate of drug-likeness (QED) is 0.643. The molecule has 0 aromatic heterocycles. The Kier molecular flexibility index (Phi) is 3.21. The number of carbonyl (C=O) groups is 3. The van der Waals surface area contributed by atoms with Gasteiger partial charge in [-0.2, -0.15) is 0 Å². The van der Waals surface area contributed by atoms with Crippen LogP contribution in [0.2, 0.25) is 0 Å². The molecule has 0 aromatic rings. The van der Waals surface area contributed by atoms with Crippen LogP contribution in [-0.2, 0) is 9.59 Å². The van der Waals surface area contributed by atoms with Crippen LogP contribution in [0.15, 0.2) is 0 Å². The summed E-state index contributed by atoms with van der Waals surface area (Å²) in [4.78, 5) is 35.4. The highest BCUT2D eigenvalue weighted by atomic mass is 16.2. The van der Waals surface area contributed by atoms with E-state index in [0.29, 0.717) is 0 Å². The van der Waals surface area contributed by atoms with E-state index in [1.165, 1.54) is 6.92 Å². The van der Waals surface area contributed by atoms with Gasteiger partial charge in [-0.1, -0.05) is 0 Å². The van der Waals surface area contributed by atoms with Gasteiger partial charge in [0.1, 0.15) is 6.04 Å². The fraction of sp³-hybridized carbons (Fsp3) is 0.700. The summed E-state index contributed by atoms with van der Waals surface area (Å²) in [6.45, 7) is 7.01. The van der Waals surface area contributed by atoms with Crippen LogP contribution in [0.3, 0.4) is 0 Å². The highest BCUT2D eigenvalue weighted by Gasteiger charge is 2.36. The molecule has 6 nitrogen and oxygen atoms in total. The number of urea groups is 1. The lowest BCUT2D eigenvalue weighted by Crippen LogP contribution is -2.52. The number of amides is 4. The normalized spacial score (nSPS) is 18.4. The molecule has 0 bridgehead atoms. The van der Waals surface area contributed by atoms with Crippen molar-refractivity contribution < 1.29 is 14.4 Å². The van der Waals surface area contributed by atoms with Crippen molar-refractivity contribution in [3.63, 3.8) is 0 Å². The molecule has 4 amide bonds. The highest BCUT2D eigenvalue weighted by molar-refractivity contribution is 6.05. The average Bonchev–Trinajstić information content (AvgIpc) is 2.42. The zero-order valence-corrected chi connectivity index (χ0v) is 9.96. The molecule has 0 aliphatic carbocycles. The summed E-state index contributed by atoms with van der Waals surface area (Å²) in [5.41, 5.74) is -0.384. The molecule has 1 atom stereocenters. The first-order valence-corrected chi connectivity index (χ1v) is 5.14. The number of rotatable bonds is 2. The van der Waals surface area contributed by atoms with E-state index < -0.39 is 12.1 Å². The van der Waals surface area contributed by atoms with Crippen molar-refractivity contribution in [2.75, 3.05) is 6.54 Å². The van der Waals surface area contributed by atoms with Crippen LogP contribution >= 0.6 is 0 Å². The monoisotopic (exact) mass is 227 g/mol. The summed E-state index contributed by atoms with van der Waals surface area (Å²) in [6, 6.07) is -1.30. The van der Waals surface area contributed by atoms with Crippen molar-refractivity contribution in [2.45, 2.75) is 39.3 Å². The number of hydrogen-bond acceptors (Lipinski definition) is 3. The lowest BCUT2D eigenvalue weighted by molar-refractivity contribution is -0.134.